The number of phenols is 2. The van der Waals surface area contributed by atoms with Gasteiger partial charge >= 0.3 is 0 Å². The lowest BCUT2D eigenvalue weighted by atomic mass is 9.92. The Morgan fingerprint density at radius 1 is 0.893 bits per heavy atom. The average molecular weight is 419 g/mol. The highest BCUT2D eigenvalue weighted by molar-refractivity contribution is 6.52. The minimum atomic E-state index is -0.423. The van der Waals surface area contributed by atoms with Crippen molar-refractivity contribution in [1.29, 1.82) is 0 Å². The van der Waals surface area contributed by atoms with E-state index < -0.39 is 5.78 Å². The van der Waals surface area contributed by atoms with Gasteiger partial charge in [-0.05, 0) is 50.2 Å². The SMILES string of the molecule is CC1=C(O)C(Nc2ccc(O)c(Cl)c2)=C(C)C(=Nc2ccc(O)c(Cl)c2)C1=O. The molecule has 2 aromatic rings. The number of nitrogens with zero attached hydrogens (tertiary/aromatic N) is 1. The van der Waals surface area contributed by atoms with Gasteiger partial charge in [-0.25, -0.2) is 4.99 Å². The molecule has 0 unspecified atom stereocenters. The van der Waals surface area contributed by atoms with E-state index in [0.29, 0.717) is 22.6 Å². The van der Waals surface area contributed by atoms with Crippen LogP contribution >= 0.6 is 23.2 Å². The van der Waals surface area contributed by atoms with E-state index in [-0.39, 0.29) is 38.6 Å². The summed E-state index contributed by atoms with van der Waals surface area (Å²) in [7, 11) is 0. The largest absolute Gasteiger partial charge is 0.506 e. The number of anilines is 1. The van der Waals surface area contributed by atoms with Crippen LogP contribution in [0.15, 0.2) is 64.0 Å². The van der Waals surface area contributed by atoms with E-state index in [1.54, 1.807) is 13.0 Å². The van der Waals surface area contributed by atoms with Gasteiger partial charge in [0.25, 0.3) is 0 Å². The molecule has 0 bridgehead atoms. The van der Waals surface area contributed by atoms with Gasteiger partial charge in [0.1, 0.15) is 23.0 Å². The minimum absolute atomic E-state index is 0.0702. The van der Waals surface area contributed by atoms with Crippen molar-refractivity contribution in [2.75, 3.05) is 5.32 Å². The monoisotopic (exact) mass is 418 g/mol. The minimum Gasteiger partial charge on any atom is -0.506 e. The van der Waals surface area contributed by atoms with Crippen molar-refractivity contribution < 1.29 is 20.1 Å². The molecule has 0 aliphatic heterocycles. The molecule has 144 valence electrons. The molecule has 0 atom stereocenters. The van der Waals surface area contributed by atoms with E-state index in [4.69, 9.17) is 23.2 Å². The number of nitrogens with one attached hydrogen (secondary N) is 1. The maximum atomic E-state index is 12.7. The molecule has 0 aromatic heterocycles. The van der Waals surface area contributed by atoms with Gasteiger partial charge in [-0.2, -0.15) is 0 Å². The van der Waals surface area contributed by atoms with Crippen molar-refractivity contribution in [1.82, 2.24) is 0 Å². The first-order chi connectivity index (χ1) is 13.2. The number of hydrogen-bond donors (Lipinski definition) is 4. The normalized spacial score (nSPS) is 16.1. The van der Waals surface area contributed by atoms with E-state index in [0.717, 1.165) is 0 Å². The summed E-state index contributed by atoms with van der Waals surface area (Å²) in [5, 5.41) is 32.8. The Labute approximate surface area is 171 Å². The summed E-state index contributed by atoms with van der Waals surface area (Å²) >= 11 is 11.8. The third-order valence-corrected chi connectivity index (χ3v) is 4.87. The molecule has 0 amide bonds. The van der Waals surface area contributed by atoms with E-state index in [9.17, 15) is 20.1 Å². The number of carbonyl (C=O) groups is 1. The van der Waals surface area contributed by atoms with Crippen molar-refractivity contribution in [3.05, 3.63) is 69.0 Å². The molecule has 0 fully saturated rings. The van der Waals surface area contributed by atoms with Gasteiger partial charge in [-0.1, -0.05) is 23.2 Å². The first-order valence-corrected chi connectivity index (χ1v) is 8.93. The molecule has 28 heavy (non-hydrogen) atoms. The van der Waals surface area contributed by atoms with Crippen molar-refractivity contribution in [2.45, 2.75) is 13.8 Å². The molecule has 0 spiro atoms. The number of hydrogen-bond acceptors (Lipinski definition) is 6. The average Bonchev–Trinajstić information content (AvgIpc) is 2.66. The lowest BCUT2D eigenvalue weighted by Gasteiger charge is -2.22. The van der Waals surface area contributed by atoms with Crippen LogP contribution in [-0.2, 0) is 4.79 Å². The number of halogens is 2. The smallest absolute Gasteiger partial charge is 0.211 e. The quantitative estimate of drug-likeness (QED) is 0.401. The summed E-state index contributed by atoms with van der Waals surface area (Å²) in [5.74, 6) is -0.782. The highest BCUT2D eigenvalue weighted by atomic mass is 35.5. The van der Waals surface area contributed by atoms with Crippen LogP contribution < -0.4 is 5.32 Å². The van der Waals surface area contributed by atoms with Crippen LogP contribution in [0.25, 0.3) is 0 Å². The van der Waals surface area contributed by atoms with Gasteiger partial charge < -0.3 is 20.6 Å². The van der Waals surface area contributed by atoms with Crippen LogP contribution in [0.2, 0.25) is 10.0 Å². The number of aliphatic hydroxyl groups is 1. The molecule has 0 saturated carbocycles. The zero-order valence-electron chi connectivity index (χ0n) is 14.9. The molecule has 0 heterocycles. The van der Waals surface area contributed by atoms with Crippen LogP contribution in [0.1, 0.15) is 13.8 Å². The topological polar surface area (TPSA) is 102 Å². The molecular formula is C20H16Cl2N2O4. The van der Waals surface area contributed by atoms with Crippen molar-refractivity contribution in [3.63, 3.8) is 0 Å². The third kappa shape index (κ3) is 3.69. The fraction of sp³-hybridized carbons (Fsp3) is 0.100. The summed E-state index contributed by atoms with van der Waals surface area (Å²) in [5.41, 5.74) is 1.86. The highest BCUT2D eigenvalue weighted by Gasteiger charge is 2.29. The van der Waals surface area contributed by atoms with Crippen molar-refractivity contribution >= 4 is 46.1 Å². The maximum absolute atomic E-state index is 12.7. The fourth-order valence-electron chi connectivity index (χ4n) is 2.65. The number of aliphatic imine (C=N–C) groups is 1. The first-order valence-electron chi connectivity index (χ1n) is 8.18. The second-order valence-electron chi connectivity index (χ2n) is 6.19. The summed E-state index contributed by atoms with van der Waals surface area (Å²) in [6.45, 7) is 3.14. The molecule has 1 aliphatic carbocycles. The highest BCUT2D eigenvalue weighted by Crippen LogP contribution is 2.32. The zero-order chi connectivity index (χ0) is 20.6. The Morgan fingerprint density at radius 3 is 2.11 bits per heavy atom. The second-order valence-corrected chi connectivity index (χ2v) is 7.00. The third-order valence-electron chi connectivity index (χ3n) is 4.27. The lowest BCUT2D eigenvalue weighted by Crippen LogP contribution is -2.26. The van der Waals surface area contributed by atoms with E-state index in [1.807, 2.05) is 0 Å². The van der Waals surface area contributed by atoms with Crippen molar-refractivity contribution in [3.8, 4) is 11.5 Å². The number of carbonyl (C=O) groups excluding carboxylic acids is 1. The molecule has 4 N–H and O–H groups in total. The molecule has 6 nitrogen and oxygen atoms in total. The Balaban J connectivity index is 2.08. The predicted octanol–water partition coefficient (Wildman–Crippen LogP) is 5.28. The van der Waals surface area contributed by atoms with Gasteiger partial charge in [0.2, 0.25) is 5.78 Å². The summed E-state index contributed by atoms with van der Waals surface area (Å²) in [6, 6.07) is 8.82. The van der Waals surface area contributed by atoms with Crippen LogP contribution in [-0.4, -0.2) is 26.8 Å². The molecule has 2 aromatic carbocycles. The number of aromatic hydroxyl groups is 2. The molecule has 0 radical (unpaired) electrons. The summed E-state index contributed by atoms with van der Waals surface area (Å²) in [6.07, 6.45) is 0. The number of aliphatic hydroxyl groups excluding tert-OH is 1. The Hall–Kier alpha value is -2.96. The van der Waals surface area contributed by atoms with Gasteiger partial charge in [-0.3, -0.25) is 4.79 Å². The van der Waals surface area contributed by atoms with E-state index >= 15 is 0 Å². The van der Waals surface area contributed by atoms with Crippen LogP contribution in [0, 0.1) is 0 Å². The van der Waals surface area contributed by atoms with Gasteiger partial charge in [0, 0.05) is 16.8 Å². The first kappa shape index (κ1) is 19.8. The number of benzene rings is 2. The number of rotatable bonds is 3. The second kappa shape index (κ2) is 7.58. The summed E-state index contributed by atoms with van der Waals surface area (Å²) in [4.78, 5) is 17.0. The Morgan fingerprint density at radius 2 is 1.50 bits per heavy atom. The van der Waals surface area contributed by atoms with Gasteiger partial charge in [0.15, 0.2) is 0 Å². The van der Waals surface area contributed by atoms with Gasteiger partial charge in [0.05, 0.1) is 21.4 Å². The van der Waals surface area contributed by atoms with Gasteiger partial charge in [-0.15, -0.1) is 0 Å². The fourth-order valence-corrected chi connectivity index (χ4v) is 3.01. The Kier molecular flexibility index (Phi) is 5.36. The molecule has 0 saturated heterocycles. The standard InChI is InChI=1S/C20H16Cl2N2O4/c1-9-17(23-11-3-5-15(25)13(21)7-11)19(27)10(2)20(28)18(9)24-12-4-6-16(26)14(22)8-12/h3-8,23,25-27H,1-2H3. The van der Waals surface area contributed by atoms with E-state index in [1.165, 1.54) is 37.3 Å². The number of ketones is 1. The number of phenolic OH excluding ortho intramolecular Hbond substituents is 2. The van der Waals surface area contributed by atoms with Crippen LogP contribution in [0.5, 0.6) is 11.5 Å². The predicted molar refractivity (Wildman–Crippen MR) is 110 cm³/mol. The summed E-state index contributed by atoms with van der Waals surface area (Å²) < 4.78 is 0. The Bertz CT molecular complexity index is 1090. The molecule has 8 heteroatoms. The van der Waals surface area contributed by atoms with Crippen molar-refractivity contribution in [2.24, 2.45) is 4.99 Å². The molecule has 1 aliphatic rings. The van der Waals surface area contributed by atoms with Crippen LogP contribution in [0.3, 0.4) is 0 Å². The zero-order valence-corrected chi connectivity index (χ0v) is 16.4. The number of Topliss-reactive ketones (excluding diaryl/α,β-unsaturated/α-hetero) is 1. The number of allylic oxidation sites excluding steroid dienone is 2. The molecular weight excluding hydrogens is 403 g/mol. The lowest BCUT2D eigenvalue weighted by molar-refractivity contribution is -0.109. The van der Waals surface area contributed by atoms with E-state index in [2.05, 4.69) is 10.3 Å². The van der Waals surface area contributed by atoms with Crippen LogP contribution in [0.4, 0.5) is 11.4 Å². The maximum Gasteiger partial charge on any atom is 0.211 e. The molecule has 3 rings (SSSR count).